The second-order valence-electron chi connectivity index (χ2n) is 6.63. The first kappa shape index (κ1) is 19.6. The molecule has 28 heavy (non-hydrogen) atoms. The van der Waals surface area contributed by atoms with Gasteiger partial charge in [0.1, 0.15) is 0 Å². The van der Waals surface area contributed by atoms with Crippen molar-refractivity contribution >= 4 is 21.7 Å². The van der Waals surface area contributed by atoms with Gasteiger partial charge in [0.15, 0.2) is 0 Å². The molecule has 0 amide bonds. The zero-order valence-electron chi connectivity index (χ0n) is 15.7. The summed E-state index contributed by atoms with van der Waals surface area (Å²) in [4.78, 5) is 11.8. The summed E-state index contributed by atoms with van der Waals surface area (Å²) in [5.41, 5.74) is 2.83. The normalized spacial score (nSPS) is 11.2. The number of anilines is 1. The number of hydrogen-bond donors (Lipinski definition) is 1. The first-order valence-corrected chi connectivity index (χ1v) is 10.2. The number of nitrogens with zero attached hydrogens (tertiary/aromatic N) is 1. The lowest BCUT2D eigenvalue weighted by atomic mass is 10.1. The van der Waals surface area contributed by atoms with Crippen LogP contribution in [0.1, 0.15) is 27.0 Å². The molecule has 0 bridgehead atoms. The first-order valence-electron chi connectivity index (χ1n) is 8.76. The largest absolute Gasteiger partial charge is 0.478 e. The number of rotatable bonds is 6. The molecule has 3 rings (SSSR count). The Labute approximate surface area is 164 Å². The molecule has 1 N–H and O–H groups in total. The lowest BCUT2D eigenvalue weighted by Gasteiger charge is -2.26. The molecule has 0 unspecified atom stereocenters. The molecule has 0 radical (unpaired) electrons. The molecule has 0 saturated carbocycles. The fourth-order valence-corrected chi connectivity index (χ4v) is 4.34. The third kappa shape index (κ3) is 4.07. The van der Waals surface area contributed by atoms with Crippen molar-refractivity contribution in [1.82, 2.24) is 0 Å². The maximum absolute atomic E-state index is 13.4. The maximum Gasteiger partial charge on any atom is 0.337 e. The standard InChI is InChI=1S/C22H21NO4S/c1-16-7-11-18(12-8-16)15-23(21-6-4-3-5-20(21)22(24)25)28(26,27)19-13-9-17(2)10-14-19/h3-14H,15H2,1-2H3,(H,24,25). The van der Waals surface area contributed by atoms with Crippen molar-refractivity contribution in [3.05, 3.63) is 95.1 Å². The van der Waals surface area contributed by atoms with E-state index in [-0.39, 0.29) is 22.7 Å². The smallest absolute Gasteiger partial charge is 0.337 e. The Morgan fingerprint density at radius 2 is 1.39 bits per heavy atom. The van der Waals surface area contributed by atoms with E-state index in [2.05, 4.69) is 0 Å². The van der Waals surface area contributed by atoms with Crippen molar-refractivity contribution < 1.29 is 18.3 Å². The summed E-state index contributed by atoms with van der Waals surface area (Å²) < 4.78 is 28.0. The zero-order chi connectivity index (χ0) is 20.3. The van der Waals surface area contributed by atoms with Gasteiger partial charge in [0.25, 0.3) is 10.0 Å². The molecule has 3 aromatic rings. The predicted octanol–water partition coefficient (Wildman–Crippen LogP) is 4.40. The van der Waals surface area contributed by atoms with Crippen LogP contribution in [0.15, 0.2) is 77.7 Å². The Bertz CT molecular complexity index is 1090. The molecule has 0 atom stereocenters. The van der Waals surface area contributed by atoms with Gasteiger partial charge in [0, 0.05) is 0 Å². The number of carboxylic acid groups (broad SMARTS) is 1. The van der Waals surface area contributed by atoms with Crippen LogP contribution in [0.4, 0.5) is 5.69 Å². The SMILES string of the molecule is Cc1ccc(CN(c2ccccc2C(=O)O)S(=O)(=O)c2ccc(C)cc2)cc1. The van der Waals surface area contributed by atoms with E-state index >= 15 is 0 Å². The minimum absolute atomic E-state index is 0.0286. The van der Waals surface area contributed by atoms with E-state index in [0.717, 1.165) is 21.0 Å². The van der Waals surface area contributed by atoms with Crippen molar-refractivity contribution in [3.63, 3.8) is 0 Å². The van der Waals surface area contributed by atoms with Crippen LogP contribution in [0.2, 0.25) is 0 Å². The summed E-state index contributed by atoms with van der Waals surface area (Å²) in [6.07, 6.45) is 0. The summed E-state index contributed by atoms with van der Waals surface area (Å²) >= 11 is 0. The van der Waals surface area contributed by atoms with Gasteiger partial charge in [-0.05, 0) is 43.7 Å². The van der Waals surface area contributed by atoms with Crippen LogP contribution in [0, 0.1) is 13.8 Å². The van der Waals surface area contributed by atoms with Crippen molar-refractivity contribution in [3.8, 4) is 0 Å². The summed E-state index contributed by atoms with van der Waals surface area (Å²) in [5.74, 6) is -1.18. The number of hydrogen-bond acceptors (Lipinski definition) is 3. The minimum atomic E-state index is -3.97. The average molecular weight is 395 g/mol. The highest BCUT2D eigenvalue weighted by Crippen LogP contribution is 2.29. The molecule has 0 fully saturated rings. The van der Waals surface area contributed by atoms with Gasteiger partial charge in [-0.15, -0.1) is 0 Å². The average Bonchev–Trinajstić information content (AvgIpc) is 2.67. The van der Waals surface area contributed by atoms with Gasteiger partial charge >= 0.3 is 5.97 Å². The summed E-state index contributed by atoms with van der Waals surface area (Å²) in [5, 5.41) is 9.57. The monoisotopic (exact) mass is 395 g/mol. The van der Waals surface area contributed by atoms with Crippen LogP contribution >= 0.6 is 0 Å². The summed E-state index contributed by atoms with van der Waals surface area (Å²) in [6, 6.07) is 20.1. The van der Waals surface area contributed by atoms with E-state index in [1.807, 2.05) is 38.1 Å². The van der Waals surface area contributed by atoms with Crippen LogP contribution in [0.5, 0.6) is 0 Å². The van der Waals surface area contributed by atoms with Gasteiger partial charge < -0.3 is 5.11 Å². The van der Waals surface area contributed by atoms with Gasteiger partial charge in [-0.3, -0.25) is 4.31 Å². The van der Waals surface area contributed by atoms with Crippen molar-refractivity contribution in [2.24, 2.45) is 0 Å². The van der Waals surface area contributed by atoms with E-state index in [1.54, 1.807) is 24.3 Å². The van der Waals surface area contributed by atoms with Crippen LogP contribution < -0.4 is 4.31 Å². The van der Waals surface area contributed by atoms with Gasteiger partial charge in [-0.2, -0.15) is 0 Å². The zero-order valence-corrected chi connectivity index (χ0v) is 16.5. The first-order chi connectivity index (χ1) is 13.3. The van der Waals surface area contributed by atoms with E-state index < -0.39 is 16.0 Å². The highest BCUT2D eigenvalue weighted by molar-refractivity contribution is 7.92. The second-order valence-corrected chi connectivity index (χ2v) is 8.49. The lowest BCUT2D eigenvalue weighted by molar-refractivity contribution is 0.0697. The fourth-order valence-electron chi connectivity index (χ4n) is 2.87. The second kappa shape index (κ2) is 7.86. The molecule has 0 aliphatic carbocycles. The molecule has 3 aromatic carbocycles. The molecule has 0 saturated heterocycles. The number of carbonyl (C=O) groups is 1. The maximum atomic E-state index is 13.4. The van der Waals surface area contributed by atoms with Gasteiger partial charge in [0.05, 0.1) is 22.7 Å². The van der Waals surface area contributed by atoms with Crippen molar-refractivity contribution in [1.29, 1.82) is 0 Å². The number of sulfonamides is 1. The van der Waals surface area contributed by atoms with Gasteiger partial charge in [0.2, 0.25) is 0 Å². The third-order valence-electron chi connectivity index (χ3n) is 4.46. The fraction of sp³-hybridized carbons (Fsp3) is 0.136. The molecule has 0 heterocycles. The molecule has 0 aliphatic heterocycles. The molecule has 5 nitrogen and oxygen atoms in total. The molecule has 0 aliphatic rings. The molecule has 0 aromatic heterocycles. The molecule has 144 valence electrons. The quantitative estimate of drug-likeness (QED) is 0.671. The number of aromatic carboxylic acids is 1. The van der Waals surface area contributed by atoms with E-state index in [4.69, 9.17) is 0 Å². The Hall–Kier alpha value is -3.12. The Morgan fingerprint density at radius 1 is 0.857 bits per heavy atom. The van der Waals surface area contributed by atoms with Crippen LogP contribution in [-0.4, -0.2) is 19.5 Å². The van der Waals surface area contributed by atoms with E-state index in [0.29, 0.717) is 0 Å². The number of carboxylic acids is 1. The molecule has 6 heteroatoms. The Kier molecular flexibility index (Phi) is 5.51. The van der Waals surface area contributed by atoms with Crippen LogP contribution in [-0.2, 0) is 16.6 Å². The number of aryl methyl sites for hydroxylation is 2. The van der Waals surface area contributed by atoms with Crippen molar-refractivity contribution in [2.75, 3.05) is 4.31 Å². The number of benzene rings is 3. The highest BCUT2D eigenvalue weighted by atomic mass is 32.2. The Morgan fingerprint density at radius 3 is 1.96 bits per heavy atom. The topological polar surface area (TPSA) is 74.7 Å². The highest BCUT2D eigenvalue weighted by Gasteiger charge is 2.28. The predicted molar refractivity (Wildman–Crippen MR) is 109 cm³/mol. The Balaban J connectivity index is 2.15. The van der Waals surface area contributed by atoms with Gasteiger partial charge in [-0.1, -0.05) is 59.7 Å². The third-order valence-corrected chi connectivity index (χ3v) is 6.23. The molecular formula is C22H21NO4S. The molecule has 0 spiro atoms. The lowest BCUT2D eigenvalue weighted by Crippen LogP contribution is -2.32. The molecular weight excluding hydrogens is 374 g/mol. The van der Waals surface area contributed by atoms with E-state index in [9.17, 15) is 18.3 Å². The number of para-hydroxylation sites is 1. The van der Waals surface area contributed by atoms with E-state index in [1.165, 1.54) is 24.3 Å². The van der Waals surface area contributed by atoms with Crippen LogP contribution in [0.25, 0.3) is 0 Å². The van der Waals surface area contributed by atoms with Crippen LogP contribution in [0.3, 0.4) is 0 Å². The van der Waals surface area contributed by atoms with Gasteiger partial charge in [-0.25, -0.2) is 13.2 Å². The van der Waals surface area contributed by atoms with Crippen molar-refractivity contribution in [2.45, 2.75) is 25.3 Å². The summed E-state index contributed by atoms with van der Waals surface area (Å²) in [7, 11) is -3.97. The minimum Gasteiger partial charge on any atom is -0.478 e. The summed E-state index contributed by atoms with van der Waals surface area (Å²) in [6.45, 7) is 3.85.